The summed E-state index contributed by atoms with van der Waals surface area (Å²) in [5.41, 5.74) is 8.71. The zero-order chi connectivity index (χ0) is 14.5. The Morgan fingerprint density at radius 2 is 1.90 bits per heavy atom. The van der Waals surface area contributed by atoms with Gasteiger partial charge >= 0.3 is 0 Å². The standard InChI is InChI=1S/C16H17FN2O/c1-11-6-7-14(17)8-15(11)16(20)19-10-13-5-3-2-4-12(13)9-18/h2-8H,9-10,18H2,1H3,(H,19,20). The van der Waals surface area contributed by atoms with Crippen LogP contribution in [0.4, 0.5) is 4.39 Å². The van der Waals surface area contributed by atoms with Gasteiger partial charge in [0.05, 0.1) is 0 Å². The van der Waals surface area contributed by atoms with Crippen LogP contribution < -0.4 is 11.1 Å². The fraction of sp³-hybridized carbons (Fsp3) is 0.188. The van der Waals surface area contributed by atoms with Gasteiger partial charge in [-0.1, -0.05) is 30.3 Å². The Morgan fingerprint density at radius 1 is 1.20 bits per heavy atom. The number of carbonyl (C=O) groups is 1. The van der Waals surface area contributed by atoms with Crippen molar-refractivity contribution in [1.29, 1.82) is 0 Å². The van der Waals surface area contributed by atoms with Gasteiger partial charge in [-0.3, -0.25) is 4.79 Å². The largest absolute Gasteiger partial charge is 0.348 e. The maximum absolute atomic E-state index is 13.2. The van der Waals surface area contributed by atoms with Crippen LogP contribution in [0.1, 0.15) is 27.0 Å². The first-order chi connectivity index (χ1) is 9.61. The minimum Gasteiger partial charge on any atom is -0.348 e. The van der Waals surface area contributed by atoms with Gasteiger partial charge in [0, 0.05) is 18.7 Å². The summed E-state index contributed by atoms with van der Waals surface area (Å²) in [7, 11) is 0. The number of benzene rings is 2. The van der Waals surface area contributed by atoms with E-state index in [1.165, 1.54) is 12.1 Å². The fourth-order valence-electron chi connectivity index (χ4n) is 2.04. The Balaban J connectivity index is 2.11. The Bertz CT molecular complexity index is 626. The van der Waals surface area contributed by atoms with Crippen molar-refractivity contribution in [1.82, 2.24) is 5.32 Å². The van der Waals surface area contributed by atoms with E-state index in [4.69, 9.17) is 5.73 Å². The highest BCUT2D eigenvalue weighted by Gasteiger charge is 2.10. The molecule has 0 bridgehead atoms. The molecule has 3 nitrogen and oxygen atoms in total. The summed E-state index contributed by atoms with van der Waals surface area (Å²) in [5, 5.41) is 2.80. The first-order valence-electron chi connectivity index (χ1n) is 6.43. The lowest BCUT2D eigenvalue weighted by molar-refractivity contribution is 0.0949. The SMILES string of the molecule is Cc1ccc(F)cc1C(=O)NCc1ccccc1CN. The van der Waals surface area contributed by atoms with Crippen molar-refractivity contribution < 1.29 is 9.18 Å². The molecule has 0 heterocycles. The van der Waals surface area contributed by atoms with E-state index >= 15 is 0 Å². The molecule has 0 atom stereocenters. The van der Waals surface area contributed by atoms with Crippen molar-refractivity contribution in [3.05, 3.63) is 70.5 Å². The molecule has 0 aliphatic rings. The van der Waals surface area contributed by atoms with Crippen molar-refractivity contribution in [3.8, 4) is 0 Å². The number of hydrogen-bond acceptors (Lipinski definition) is 2. The van der Waals surface area contributed by atoms with E-state index in [0.29, 0.717) is 18.7 Å². The van der Waals surface area contributed by atoms with Gasteiger partial charge in [-0.25, -0.2) is 4.39 Å². The number of carbonyl (C=O) groups excluding carboxylic acids is 1. The molecule has 104 valence electrons. The van der Waals surface area contributed by atoms with E-state index < -0.39 is 5.82 Å². The first kappa shape index (κ1) is 14.2. The molecule has 0 aliphatic heterocycles. The number of nitrogens with two attached hydrogens (primary N) is 1. The highest BCUT2D eigenvalue weighted by molar-refractivity contribution is 5.95. The third-order valence-electron chi connectivity index (χ3n) is 3.22. The van der Waals surface area contributed by atoms with E-state index in [1.54, 1.807) is 13.0 Å². The second-order valence-corrected chi connectivity index (χ2v) is 4.61. The Hall–Kier alpha value is -2.20. The summed E-state index contributed by atoms with van der Waals surface area (Å²) < 4.78 is 13.2. The maximum atomic E-state index is 13.2. The minimum absolute atomic E-state index is 0.283. The lowest BCUT2D eigenvalue weighted by Gasteiger charge is -2.10. The molecule has 20 heavy (non-hydrogen) atoms. The van der Waals surface area contributed by atoms with Gasteiger partial charge in [0.15, 0.2) is 0 Å². The molecule has 0 aliphatic carbocycles. The van der Waals surface area contributed by atoms with Gasteiger partial charge in [0.2, 0.25) is 0 Å². The number of halogens is 1. The van der Waals surface area contributed by atoms with Gasteiger partial charge in [-0.2, -0.15) is 0 Å². The molecule has 1 amide bonds. The second-order valence-electron chi connectivity index (χ2n) is 4.61. The predicted octanol–water partition coefficient (Wildman–Crippen LogP) is 2.52. The summed E-state index contributed by atoms with van der Waals surface area (Å²) in [5.74, 6) is -0.697. The lowest BCUT2D eigenvalue weighted by Crippen LogP contribution is -2.24. The smallest absolute Gasteiger partial charge is 0.251 e. The van der Waals surface area contributed by atoms with E-state index in [-0.39, 0.29) is 5.91 Å². The molecule has 0 fully saturated rings. The first-order valence-corrected chi connectivity index (χ1v) is 6.43. The van der Waals surface area contributed by atoms with Crippen molar-refractivity contribution in [2.75, 3.05) is 0 Å². The number of hydrogen-bond donors (Lipinski definition) is 2. The van der Waals surface area contributed by atoms with Crippen LogP contribution in [0, 0.1) is 12.7 Å². The third kappa shape index (κ3) is 3.22. The third-order valence-corrected chi connectivity index (χ3v) is 3.22. The average Bonchev–Trinajstić information content (AvgIpc) is 2.47. The summed E-state index contributed by atoms with van der Waals surface area (Å²) >= 11 is 0. The Labute approximate surface area is 117 Å². The summed E-state index contributed by atoms with van der Waals surface area (Å²) in [6, 6.07) is 11.8. The van der Waals surface area contributed by atoms with E-state index in [0.717, 1.165) is 16.7 Å². The van der Waals surface area contributed by atoms with Crippen molar-refractivity contribution in [2.24, 2.45) is 5.73 Å². The molecule has 0 aromatic heterocycles. The van der Waals surface area contributed by atoms with E-state index in [1.807, 2.05) is 24.3 Å². The van der Waals surface area contributed by atoms with Gasteiger partial charge in [0.1, 0.15) is 5.82 Å². The minimum atomic E-state index is -0.414. The lowest BCUT2D eigenvalue weighted by atomic mass is 10.1. The van der Waals surface area contributed by atoms with Crippen LogP contribution in [0.15, 0.2) is 42.5 Å². The van der Waals surface area contributed by atoms with E-state index in [2.05, 4.69) is 5.32 Å². The number of rotatable bonds is 4. The zero-order valence-corrected chi connectivity index (χ0v) is 11.3. The summed E-state index contributed by atoms with van der Waals surface area (Å²) in [6.07, 6.45) is 0. The molecular weight excluding hydrogens is 255 g/mol. The number of aryl methyl sites for hydroxylation is 1. The topological polar surface area (TPSA) is 55.1 Å². The van der Waals surface area contributed by atoms with Crippen LogP contribution in [0.2, 0.25) is 0 Å². The molecule has 0 spiro atoms. The van der Waals surface area contributed by atoms with Gasteiger partial charge in [-0.15, -0.1) is 0 Å². The Kier molecular flexibility index (Phi) is 4.48. The molecule has 2 aromatic carbocycles. The molecule has 4 heteroatoms. The normalized spacial score (nSPS) is 10.3. The van der Waals surface area contributed by atoms with Gasteiger partial charge in [-0.05, 0) is 35.7 Å². The molecule has 2 rings (SSSR count). The number of nitrogens with one attached hydrogen (secondary N) is 1. The highest BCUT2D eigenvalue weighted by Crippen LogP contribution is 2.11. The van der Waals surface area contributed by atoms with Gasteiger partial charge in [0.25, 0.3) is 5.91 Å². The molecule has 0 saturated carbocycles. The quantitative estimate of drug-likeness (QED) is 0.898. The monoisotopic (exact) mass is 272 g/mol. The highest BCUT2D eigenvalue weighted by atomic mass is 19.1. The van der Waals surface area contributed by atoms with Crippen LogP contribution in [0.5, 0.6) is 0 Å². The van der Waals surface area contributed by atoms with Crippen LogP contribution in [0.3, 0.4) is 0 Å². The molecule has 0 radical (unpaired) electrons. The predicted molar refractivity (Wildman–Crippen MR) is 76.6 cm³/mol. The summed E-state index contributed by atoms with van der Waals surface area (Å²) in [4.78, 5) is 12.1. The molecule has 0 saturated heterocycles. The van der Waals surface area contributed by atoms with Crippen molar-refractivity contribution in [2.45, 2.75) is 20.0 Å². The van der Waals surface area contributed by atoms with Gasteiger partial charge < -0.3 is 11.1 Å². The van der Waals surface area contributed by atoms with Crippen LogP contribution >= 0.6 is 0 Å². The number of amides is 1. The Morgan fingerprint density at radius 3 is 2.60 bits per heavy atom. The van der Waals surface area contributed by atoms with E-state index in [9.17, 15) is 9.18 Å². The van der Waals surface area contributed by atoms with Crippen molar-refractivity contribution >= 4 is 5.91 Å². The van der Waals surface area contributed by atoms with Crippen LogP contribution in [0.25, 0.3) is 0 Å². The summed E-state index contributed by atoms with van der Waals surface area (Å²) in [6.45, 7) is 2.58. The fourth-order valence-corrected chi connectivity index (χ4v) is 2.04. The molecular formula is C16H17FN2O. The van der Waals surface area contributed by atoms with Crippen LogP contribution in [-0.2, 0) is 13.1 Å². The van der Waals surface area contributed by atoms with Crippen molar-refractivity contribution in [3.63, 3.8) is 0 Å². The zero-order valence-electron chi connectivity index (χ0n) is 11.3. The second kappa shape index (κ2) is 6.30. The van der Waals surface area contributed by atoms with Crippen LogP contribution in [-0.4, -0.2) is 5.91 Å². The maximum Gasteiger partial charge on any atom is 0.251 e. The molecule has 2 aromatic rings. The molecule has 0 unspecified atom stereocenters. The molecule has 3 N–H and O–H groups in total. The average molecular weight is 272 g/mol.